The number of hydrogen-bond acceptors (Lipinski definition) is 3. The minimum absolute atomic E-state index is 0.0164. The van der Waals surface area contributed by atoms with Gasteiger partial charge in [0.2, 0.25) is 0 Å². The maximum absolute atomic E-state index is 11.4. The summed E-state index contributed by atoms with van der Waals surface area (Å²) in [4.78, 5) is 16.1. The molecule has 18 heavy (non-hydrogen) atoms. The van der Waals surface area contributed by atoms with Crippen molar-refractivity contribution in [1.82, 2.24) is 5.06 Å². The molecule has 0 heterocycles. The Morgan fingerprint density at radius 3 is 2.56 bits per heavy atom. The molecule has 0 atom stereocenters. The fourth-order valence-electron chi connectivity index (χ4n) is 1.19. The summed E-state index contributed by atoms with van der Waals surface area (Å²) in [6, 6.07) is 7.70. The molecule has 0 aliphatic rings. The van der Waals surface area contributed by atoms with E-state index in [0.717, 1.165) is 11.5 Å². The van der Waals surface area contributed by atoms with Gasteiger partial charge in [-0.05, 0) is 24.1 Å². The summed E-state index contributed by atoms with van der Waals surface area (Å²) in [5, 5.41) is 1.14. The first-order valence-electron chi connectivity index (χ1n) is 6.19. The quantitative estimate of drug-likeness (QED) is 0.757. The molecule has 1 rings (SSSR count). The Balaban J connectivity index is 0.00000137. The zero-order valence-electron chi connectivity index (χ0n) is 11.9. The molecule has 0 aliphatic heterocycles. The predicted octanol–water partition coefficient (Wildman–Crippen LogP) is 2.67. The number of hydrogen-bond donors (Lipinski definition) is 0. The Bertz CT molecular complexity index is 353. The van der Waals surface area contributed by atoms with Crippen LogP contribution in [0.3, 0.4) is 0 Å². The topological polar surface area (TPSA) is 38.8 Å². The molecule has 1 aromatic rings. The van der Waals surface area contributed by atoms with Crippen molar-refractivity contribution in [3.05, 3.63) is 29.8 Å². The van der Waals surface area contributed by atoms with Gasteiger partial charge in [0.1, 0.15) is 5.75 Å². The van der Waals surface area contributed by atoms with Crippen molar-refractivity contribution in [1.29, 1.82) is 0 Å². The van der Waals surface area contributed by atoms with Crippen LogP contribution in [0.1, 0.15) is 26.3 Å². The van der Waals surface area contributed by atoms with Gasteiger partial charge in [0.05, 0.1) is 7.11 Å². The van der Waals surface area contributed by atoms with E-state index in [1.54, 1.807) is 7.05 Å². The Hall–Kier alpha value is -1.55. The van der Waals surface area contributed by atoms with E-state index < -0.39 is 0 Å². The minimum Gasteiger partial charge on any atom is -0.484 e. The number of aryl methyl sites for hydroxylation is 1. The number of carbonyl (C=O) groups is 1. The van der Waals surface area contributed by atoms with Crippen LogP contribution in [-0.4, -0.2) is 31.7 Å². The monoisotopic (exact) mass is 253 g/mol. The second-order valence-electron chi connectivity index (χ2n) is 3.36. The molecule has 0 bridgehead atoms. The van der Waals surface area contributed by atoms with E-state index in [-0.39, 0.29) is 12.5 Å². The molecular weight excluding hydrogens is 230 g/mol. The first-order chi connectivity index (χ1) is 8.67. The third-order valence-corrected chi connectivity index (χ3v) is 2.29. The lowest BCUT2D eigenvalue weighted by atomic mass is 10.2. The lowest BCUT2D eigenvalue weighted by Crippen LogP contribution is -2.30. The van der Waals surface area contributed by atoms with Gasteiger partial charge in [0.25, 0.3) is 5.91 Å². The largest absolute Gasteiger partial charge is 0.484 e. The van der Waals surface area contributed by atoms with Crippen LogP contribution >= 0.6 is 0 Å². The number of nitrogens with zero attached hydrogens (tertiary/aromatic N) is 1. The van der Waals surface area contributed by atoms with E-state index >= 15 is 0 Å². The second kappa shape index (κ2) is 9.48. The highest BCUT2D eigenvalue weighted by atomic mass is 16.7. The predicted molar refractivity (Wildman–Crippen MR) is 72.4 cm³/mol. The summed E-state index contributed by atoms with van der Waals surface area (Å²) in [5.41, 5.74) is 1.19. The normalized spacial score (nSPS) is 9.17. The van der Waals surface area contributed by atoms with Crippen LogP contribution in [0, 0.1) is 0 Å². The molecule has 0 aliphatic carbocycles. The van der Waals surface area contributed by atoms with Crippen molar-refractivity contribution >= 4 is 5.91 Å². The van der Waals surface area contributed by atoms with E-state index in [0.29, 0.717) is 5.75 Å². The molecule has 4 heteroatoms. The van der Waals surface area contributed by atoms with E-state index in [9.17, 15) is 4.79 Å². The van der Waals surface area contributed by atoms with Gasteiger partial charge in [0, 0.05) is 7.05 Å². The number of amides is 1. The highest BCUT2D eigenvalue weighted by Gasteiger charge is 2.08. The van der Waals surface area contributed by atoms with E-state index in [1.807, 2.05) is 38.1 Å². The van der Waals surface area contributed by atoms with Crippen LogP contribution in [0.5, 0.6) is 5.75 Å². The van der Waals surface area contributed by atoms with Crippen molar-refractivity contribution in [2.45, 2.75) is 27.2 Å². The molecule has 0 spiro atoms. The zero-order valence-corrected chi connectivity index (χ0v) is 11.9. The standard InChI is InChI=1S/C12H17NO3.C2H6/c1-4-10-6-5-7-11(8-10)16-9-12(14)13(2)15-3;1-2/h5-8H,4,9H2,1-3H3;1-2H3. The number of likely N-dealkylation sites (N-methyl/N-ethyl adjacent to an activating group) is 1. The molecule has 4 nitrogen and oxygen atoms in total. The van der Waals surface area contributed by atoms with E-state index in [2.05, 4.69) is 6.92 Å². The van der Waals surface area contributed by atoms with Gasteiger partial charge < -0.3 is 4.74 Å². The first-order valence-corrected chi connectivity index (χ1v) is 6.19. The Morgan fingerprint density at radius 1 is 1.33 bits per heavy atom. The lowest BCUT2D eigenvalue weighted by Gasteiger charge is -2.14. The van der Waals surface area contributed by atoms with Gasteiger partial charge in [-0.15, -0.1) is 0 Å². The number of ether oxygens (including phenoxy) is 1. The van der Waals surface area contributed by atoms with Crippen molar-refractivity contribution < 1.29 is 14.4 Å². The third-order valence-electron chi connectivity index (χ3n) is 2.29. The molecular formula is C14H23NO3. The minimum atomic E-state index is -0.218. The Labute approximate surface area is 109 Å². The van der Waals surface area contributed by atoms with Crippen LogP contribution in [0.2, 0.25) is 0 Å². The summed E-state index contributed by atoms with van der Waals surface area (Å²) in [6.45, 7) is 6.06. The summed E-state index contributed by atoms with van der Waals surface area (Å²) >= 11 is 0. The van der Waals surface area contributed by atoms with E-state index in [4.69, 9.17) is 9.57 Å². The third kappa shape index (κ3) is 5.68. The van der Waals surface area contributed by atoms with Crippen molar-refractivity contribution in [3.63, 3.8) is 0 Å². The number of rotatable bonds is 5. The highest BCUT2D eigenvalue weighted by molar-refractivity contribution is 5.76. The van der Waals surface area contributed by atoms with Crippen molar-refractivity contribution in [3.8, 4) is 5.75 Å². The molecule has 0 saturated heterocycles. The molecule has 0 saturated carbocycles. The fraction of sp³-hybridized carbons (Fsp3) is 0.500. The Kier molecular flexibility index (Phi) is 8.66. The zero-order chi connectivity index (χ0) is 14.0. The highest BCUT2D eigenvalue weighted by Crippen LogP contribution is 2.13. The first kappa shape index (κ1) is 16.4. The average molecular weight is 253 g/mol. The summed E-state index contributed by atoms with van der Waals surface area (Å²) < 4.78 is 5.36. The van der Waals surface area contributed by atoms with Crippen LogP contribution < -0.4 is 4.74 Å². The van der Waals surface area contributed by atoms with Crippen LogP contribution in [0.15, 0.2) is 24.3 Å². The van der Waals surface area contributed by atoms with Crippen LogP contribution in [-0.2, 0) is 16.1 Å². The number of benzene rings is 1. The van der Waals surface area contributed by atoms with Crippen molar-refractivity contribution in [2.24, 2.45) is 0 Å². The number of hydroxylamine groups is 2. The molecule has 0 aromatic heterocycles. The number of carbonyl (C=O) groups excluding carboxylic acids is 1. The van der Waals surface area contributed by atoms with Crippen molar-refractivity contribution in [2.75, 3.05) is 20.8 Å². The molecule has 1 aromatic carbocycles. The van der Waals surface area contributed by atoms with Gasteiger partial charge in [-0.1, -0.05) is 32.9 Å². The van der Waals surface area contributed by atoms with Gasteiger partial charge in [-0.2, -0.15) is 0 Å². The summed E-state index contributed by atoms with van der Waals surface area (Å²) in [5.74, 6) is 0.488. The maximum Gasteiger partial charge on any atom is 0.283 e. The molecule has 0 N–H and O–H groups in total. The van der Waals surface area contributed by atoms with Crippen LogP contribution in [0.4, 0.5) is 0 Å². The molecule has 1 amide bonds. The Morgan fingerprint density at radius 2 is 2.00 bits per heavy atom. The van der Waals surface area contributed by atoms with Gasteiger partial charge in [0.15, 0.2) is 6.61 Å². The lowest BCUT2D eigenvalue weighted by molar-refractivity contribution is -0.170. The SMILES string of the molecule is CC.CCc1cccc(OCC(=O)N(C)OC)c1. The molecule has 0 unspecified atom stereocenters. The van der Waals surface area contributed by atoms with E-state index in [1.165, 1.54) is 12.7 Å². The second-order valence-corrected chi connectivity index (χ2v) is 3.36. The smallest absolute Gasteiger partial charge is 0.283 e. The summed E-state index contributed by atoms with van der Waals surface area (Å²) in [6.07, 6.45) is 0.948. The average Bonchev–Trinajstić information content (AvgIpc) is 2.46. The van der Waals surface area contributed by atoms with Crippen LogP contribution in [0.25, 0.3) is 0 Å². The summed E-state index contributed by atoms with van der Waals surface area (Å²) in [7, 11) is 2.99. The molecule has 102 valence electrons. The molecule has 0 radical (unpaired) electrons. The van der Waals surface area contributed by atoms with Gasteiger partial charge >= 0.3 is 0 Å². The molecule has 0 fully saturated rings. The van der Waals surface area contributed by atoms with Gasteiger partial charge in [-0.25, -0.2) is 5.06 Å². The fourth-order valence-corrected chi connectivity index (χ4v) is 1.19. The maximum atomic E-state index is 11.4. The van der Waals surface area contributed by atoms with Gasteiger partial charge in [-0.3, -0.25) is 9.63 Å².